The van der Waals surface area contributed by atoms with Crippen LogP contribution in [-0.4, -0.2) is 22.4 Å². The maximum Gasteiger partial charge on any atom is 0.327 e. The fourth-order valence-electron chi connectivity index (χ4n) is 5.04. The molecule has 0 N–H and O–H groups in total. The molecule has 0 spiro atoms. The standard InChI is InChI=1S/C31H34N4.4BrH.2Cu/c1-7-34(28-13-9-11-15-32-28)30-22(3)17-26(18-23(30)4)21-27-19-24(5)31(25(6)20-27)35(8-2)29-14-10-12-16-33-29;;;;;;/h7-20H,21H2,1-6H3;4*1H;;/q+2;;;;;;/p-4. The van der Waals surface area contributed by atoms with Gasteiger partial charge in [-0.2, -0.15) is 0 Å². The molecule has 0 saturated heterocycles. The summed E-state index contributed by atoms with van der Waals surface area (Å²) in [5.74, 6) is 1.86. The number of aryl methyl sites for hydroxylation is 4. The summed E-state index contributed by atoms with van der Waals surface area (Å²) in [5, 5.41) is 0. The van der Waals surface area contributed by atoms with Crippen LogP contribution in [0.25, 0.3) is 0 Å². The molecule has 10 heteroatoms. The van der Waals surface area contributed by atoms with Gasteiger partial charge < -0.3 is 67.9 Å². The van der Waals surface area contributed by atoms with E-state index in [1.54, 1.807) is 0 Å². The molecular weight excluding hydrogens is 875 g/mol. The summed E-state index contributed by atoms with van der Waals surface area (Å²) in [7, 11) is 0. The average Bonchev–Trinajstić information content (AvgIpc) is 2.84. The van der Waals surface area contributed by atoms with Crippen molar-refractivity contribution in [2.45, 2.75) is 48.0 Å². The van der Waals surface area contributed by atoms with Crippen LogP contribution in [0.3, 0.4) is 0 Å². The molecule has 230 valence electrons. The molecule has 0 unspecified atom stereocenters. The third-order valence-electron chi connectivity index (χ3n) is 6.30. The molecule has 2 radical (unpaired) electrons. The van der Waals surface area contributed by atoms with E-state index in [0.717, 1.165) is 18.1 Å². The van der Waals surface area contributed by atoms with Crippen LogP contribution < -0.4 is 77.1 Å². The third kappa shape index (κ3) is 10.6. The summed E-state index contributed by atoms with van der Waals surface area (Å²) >= 11 is 0. The Balaban J connectivity index is -0.00000241. The molecule has 4 rings (SSSR count). The maximum absolute atomic E-state index is 4.55. The Morgan fingerprint density at radius 1 is 0.561 bits per heavy atom. The molecule has 0 amide bonds. The Hall–Kier alpha value is -0.961. The quantitative estimate of drug-likeness (QED) is 0.111. The number of nitrogens with zero attached hydrogens (tertiary/aromatic N) is 4. The minimum atomic E-state index is 0. The number of pyridine rings is 2. The number of benzene rings is 2. The molecule has 2 heterocycles. The Labute approximate surface area is 308 Å². The summed E-state index contributed by atoms with van der Waals surface area (Å²) in [6, 6.07) is 21.3. The average molecular weight is 909 g/mol. The van der Waals surface area contributed by atoms with Gasteiger partial charge in [0, 0.05) is 46.3 Å². The zero-order chi connectivity index (χ0) is 24.9. The first-order valence-electron chi connectivity index (χ1n) is 12.1. The van der Waals surface area contributed by atoms with Crippen molar-refractivity contribution in [2.75, 3.05) is 0 Å². The van der Waals surface area contributed by atoms with E-state index >= 15 is 0 Å². The smallest absolute Gasteiger partial charge is 0.327 e. The predicted molar refractivity (Wildman–Crippen MR) is 149 cm³/mol. The number of hydrogen-bond acceptors (Lipinski definition) is 2. The van der Waals surface area contributed by atoms with Gasteiger partial charge in [0.1, 0.15) is 23.8 Å². The second-order valence-electron chi connectivity index (χ2n) is 8.97. The van der Waals surface area contributed by atoms with Gasteiger partial charge in [-0.15, -0.1) is 0 Å². The Kier molecular flexibility index (Phi) is 22.6. The van der Waals surface area contributed by atoms with E-state index in [4.69, 9.17) is 0 Å². The van der Waals surface area contributed by atoms with E-state index in [9.17, 15) is 0 Å². The summed E-state index contributed by atoms with van der Waals surface area (Å²) in [6.07, 6.45) is 8.74. The van der Waals surface area contributed by atoms with Crippen molar-refractivity contribution >= 4 is 35.4 Å². The van der Waals surface area contributed by atoms with Crippen LogP contribution in [0, 0.1) is 27.7 Å². The molecule has 41 heavy (non-hydrogen) atoms. The molecule has 0 aliphatic rings. The maximum atomic E-state index is 4.55. The normalized spacial score (nSPS) is 10.4. The summed E-state index contributed by atoms with van der Waals surface area (Å²) in [4.78, 5) is 9.11. The van der Waals surface area contributed by atoms with E-state index in [1.807, 2.05) is 48.8 Å². The topological polar surface area (TPSA) is 31.8 Å². The number of aromatic nitrogens is 2. The summed E-state index contributed by atoms with van der Waals surface area (Å²) in [6.45, 7) is 12.9. The number of rotatable bonds is 6. The zero-order valence-electron chi connectivity index (χ0n) is 23.7. The molecule has 0 aliphatic heterocycles. The van der Waals surface area contributed by atoms with Gasteiger partial charge in [0.25, 0.3) is 0 Å². The monoisotopic (exact) mass is 904 g/mol. The van der Waals surface area contributed by atoms with Crippen LogP contribution in [-0.2, 0) is 40.6 Å². The van der Waals surface area contributed by atoms with Crippen molar-refractivity contribution in [3.8, 4) is 0 Å². The fraction of sp³-hybridized carbons (Fsp3) is 0.226. The Morgan fingerprint density at radius 2 is 0.878 bits per heavy atom. The van der Waals surface area contributed by atoms with Gasteiger partial charge in [-0.1, -0.05) is 36.4 Å². The van der Waals surface area contributed by atoms with Crippen molar-refractivity contribution in [3.63, 3.8) is 0 Å². The fourth-order valence-corrected chi connectivity index (χ4v) is 5.04. The van der Waals surface area contributed by atoms with Crippen LogP contribution in [0.4, 0.5) is 23.0 Å². The Morgan fingerprint density at radius 3 is 1.12 bits per heavy atom. The molecule has 4 nitrogen and oxygen atoms in total. The van der Waals surface area contributed by atoms with Crippen molar-refractivity contribution < 1.29 is 102 Å². The first kappa shape index (κ1) is 44.5. The predicted octanol–water partition coefficient (Wildman–Crippen LogP) is -4.84. The second-order valence-corrected chi connectivity index (χ2v) is 8.97. The minimum absolute atomic E-state index is 0. The van der Waals surface area contributed by atoms with Gasteiger partial charge in [-0.25, -0.2) is 9.15 Å². The van der Waals surface area contributed by atoms with Crippen LogP contribution >= 0.6 is 0 Å². The number of hydrogen-bond donors (Lipinski definition) is 0. The van der Waals surface area contributed by atoms with Gasteiger partial charge in [0.05, 0.1) is 12.4 Å². The first-order chi connectivity index (χ1) is 16.9. The van der Waals surface area contributed by atoms with Gasteiger partial charge in [0.2, 0.25) is 0 Å². The van der Waals surface area contributed by atoms with Gasteiger partial charge in [0.15, 0.2) is 0 Å². The van der Waals surface area contributed by atoms with E-state index < -0.39 is 0 Å². The van der Waals surface area contributed by atoms with Crippen molar-refractivity contribution in [2.24, 2.45) is 0 Å². The van der Waals surface area contributed by atoms with Crippen molar-refractivity contribution in [3.05, 3.63) is 106 Å². The van der Waals surface area contributed by atoms with E-state index in [2.05, 4.69) is 97.4 Å². The minimum Gasteiger partial charge on any atom is -1.00 e. The van der Waals surface area contributed by atoms with Crippen LogP contribution in [0.15, 0.2) is 73.1 Å². The largest absolute Gasteiger partial charge is 1.00 e. The van der Waals surface area contributed by atoms with Crippen LogP contribution in [0.5, 0.6) is 0 Å². The summed E-state index contributed by atoms with van der Waals surface area (Å²) in [5.41, 5.74) is 10.0. The molecule has 2 aromatic carbocycles. The SMILES string of the molecule is CC=[N+](c1ccccn1)c1c(C)cc(Cc2cc(C)c([N+](=CC)c3ccccn3)c(C)c2)cc1C.[Br-].[Br-].[Br-].[Br-].[Cu].[Cu]. The van der Waals surface area contributed by atoms with E-state index in [0.29, 0.717) is 0 Å². The molecule has 0 aliphatic carbocycles. The van der Waals surface area contributed by atoms with Crippen LogP contribution in [0.1, 0.15) is 47.2 Å². The first-order valence-corrected chi connectivity index (χ1v) is 12.1. The summed E-state index contributed by atoms with van der Waals surface area (Å²) < 4.78 is 4.34. The van der Waals surface area contributed by atoms with E-state index in [1.165, 1.54) is 44.8 Å². The molecule has 0 atom stereocenters. The third-order valence-corrected chi connectivity index (χ3v) is 6.30. The molecule has 0 fully saturated rings. The molecule has 2 aromatic heterocycles. The van der Waals surface area contributed by atoms with Gasteiger partial charge >= 0.3 is 11.6 Å². The number of halogens is 4. The molecular formula is C31H34Br4Cu2N4-2. The van der Waals surface area contributed by atoms with Gasteiger partial charge in [-0.05, 0) is 103 Å². The van der Waals surface area contributed by atoms with Crippen molar-refractivity contribution in [1.29, 1.82) is 0 Å². The second kappa shape index (κ2) is 20.9. The molecule has 0 bridgehead atoms. The zero-order valence-corrected chi connectivity index (χ0v) is 31.9. The molecule has 0 saturated carbocycles. The Bertz CT molecular complexity index is 1280. The van der Waals surface area contributed by atoms with Gasteiger partial charge in [-0.3, -0.25) is 0 Å². The molecule has 4 aromatic rings. The van der Waals surface area contributed by atoms with E-state index in [-0.39, 0.29) is 102 Å². The van der Waals surface area contributed by atoms with Crippen molar-refractivity contribution in [1.82, 2.24) is 19.1 Å². The van der Waals surface area contributed by atoms with Crippen LogP contribution in [0.2, 0.25) is 0 Å².